The van der Waals surface area contributed by atoms with Gasteiger partial charge in [-0.2, -0.15) is 0 Å². The number of aromatic nitrogens is 1. The third kappa shape index (κ3) is 6.41. The quantitative estimate of drug-likeness (QED) is 0.258. The lowest BCUT2D eigenvalue weighted by Crippen LogP contribution is -2.46. The Morgan fingerprint density at radius 3 is 2.54 bits per heavy atom. The molecule has 0 fully saturated rings. The third-order valence-electron chi connectivity index (χ3n) is 5.75. The zero-order valence-corrected chi connectivity index (χ0v) is 20.0. The minimum Gasteiger partial charge on any atom is -0.490 e. The summed E-state index contributed by atoms with van der Waals surface area (Å²) in [6.45, 7) is 4.79. The molecule has 4 rings (SSSR count). The summed E-state index contributed by atoms with van der Waals surface area (Å²) >= 11 is 0. The molecule has 7 heteroatoms. The maximum Gasteiger partial charge on any atom is 0.252 e. The van der Waals surface area contributed by atoms with Gasteiger partial charge in [0.25, 0.3) is 5.91 Å². The second kappa shape index (κ2) is 10.6. The molecule has 4 aromatic rings. The van der Waals surface area contributed by atoms with Crippen molar-refractivity contribution in [2.75, 3.05) is 13.2 Å². The van der Waals surface area contributed by atoms with Crippen molar-refractivity contribution in [2.45, 2.75) is 31.9 Å². The Balaban J connectivity index is 1.28. The highest BCUT2D eigenvalue weighted by Gasteiger charge is 2.20. The second-order valence-electron chi connectivity index (χ2n) is 9.21. The molecule has 35 heavy (non-hydrogen) atoms. The van der Waals surface area contributed by atoms with E-state index in [1.54, 1.807) is 24.3 Å². The lowest BCUT2D eigenvalue weighted by Gasteiger charge is -2.28. The second-order valence-corrected chi connectivity index (χ2v) is 9.21. The van der Waals surface area contributed by atoms with Crippen LogP contribution in [0.25, 0.3) is 10.9 Å². The van der Waals surface area contributed by atoms with Crippen LogP contribution in [0.15, 0.2) is 79.0 Å². The Hall–Kier alpha value is -3.81. The Morgan fingerprint density at radius 1 is 1.03 bits per heavy atom. The van der Waals surface area contributed by atoms with E-state index in [0.29, 0.717) is 23.6 Å². The molecule has 1 unspecified atom stereocenters. The third-order valence-corrected chi connectivity index (χ3v) is 5.75. The van der Waals surface area contributed by atoms with Gasteiger partial charge in [-0.3, -0.25) is 4.79 Å². The summed E-state index contributed by atoms with van der Waals surface area (Å²) in [4.78, 5) is 14.8. The fraction of sp³-hybridized carbons (Fsp3) is 0.250. The van der Waals surface area contributed by atoms with Crippen LogP contribution in [0.4, 0.5) is 0 Å². The van der Waals surface area contributed by atoms with Gasteiger partial charge in [0, 0.05) is 29.2 Å². The van der Waals surface area contributed by atoms with Crippen molar-refractivity contribution in [3.63, 3.8) is 0 Å². The summed E-state index contributed by atoms with van der Waals surface area (Å²) in [7, 11) is 0. The molecular weight excluding hydrogens is 442 g/mol. The van der Waals surface area contributed by atoms with Crippen LogP contribution in [0.5, 0.6) is 17.2 Å². The maximum atomic E-state index is 11.6. The molecule has 1 amide bonds. The smallest absolute Gasteiger partial charge is 0.252 e. The van der Waals surface area contributed by atoms with Crippen LogP contribution in [0.3, 0.4) is 0 Å². The summed E-state index contributed by atoms with van der Waals surface area (Å²) in [5, 5.41) is 14.9. The van der Waals surface area contributed by atoms with Gasteiger partial charge in [-0.25, -0.2) is 0 Å². The first kappa shape index (κ1) is 24.3. The summed E-state index contributed by atoms with van der Waals surface area (Å²) in [6, 6.07) is 22.4. The summed E-state index contributed by atoms with van der Waals surface area (Å²) < 4.78 is 11.7. The van der Waals surface area contributed by atoms with Crippen LogP contribution in [-0.2, 0) is 6.42 Å². The van der Waals surface area contributed by atoms with E-state index in [0.717, 1.165) is 28.6 Å². The average Bonchev–Trinajstić information content (AvgIpc) is 3.32. The molecule has 0 bridgehead atoms. The molecule has 0 spiro atoms. The number of hydrogen-bond acceptors (Lipinski definition) is 5. The first-order chi connectivity index (χ1) is 16.8. The van der Waals surface area contributed by atoms with Gasteiger partial charge in [0.05, 0.1) is 5.56 Å². The number of carbonyl (C=O) groups excluding carboxylic acids is 1. The first-order valence-electron chi connectivity index (χ1n) is 11.6. The van der Waals surface area contributed by atoms with Crippen molar-refractivity contribution in [2.24, 2.45) is 5.73 Å². The molecule has 5 N–H and O–H groups in total. The van der Waals surface area contributed by atoms with Crippen molar-refractivity contribution in [1.82, 2.24) is 10.3 Å². The predicted octanol–water partition coefficient (Wildman–Crippen LogP) is 4.41. The molecule has 182 valence electrons. The molecule has 0 aliphatic heterocycles. The van der Waals surface area contributed by atoms with E-state index in [4.69, 9.17) is 15.2 Å². The van der Waals surface area contributed by atoms with Gasteiger partial charge in [-0.1, -0.05) is 30.3 Å². The maximum absolute atomic E-state index is 11.6. The lowest BCUT2D eigenvalue weighted by atomic mass is 9.94. The number of para-hydroxylation sites is 1. The first-order valence-corrected chi connectivity index (χ1v) is 11.6. The van der Waals surface area contributed by atoms with Gasteiger partial charge >= 0.3 is 0 Å². The molecule has 1 heterocycles. The SMILES string of the molecule is CC(C)(Cc1ccc(Oc2ccccc2C(N)=O)cc1)NCC(O)COc1cccc2[nH]ccc12. The molecule has 7 nitrogen and oxygen atoms in total. The minimum atomic E-state index is -0.649. The lowest BCUT2D eigenvalue weighted by molar-refractivity contribution is 0.0995. The number of nitrogens with one attached hydrogen (secondary N) is 2. The molecular formula is C28H31N3O4. The number of ether oxygens (including phenoxy) is 2. The van der Waals surface area contributed by atoms with Crippen molar-refractivity contribution in [3.8, 4) is 17.2 Å². The monoisotopic (exact) mass is 473 g/mol. The Bertz CT molecular complexity index is 1280. The summed E-state index contributed by atoms with van der Waals surface area (Å²) in [5.41, 5.74) is 7.64. The van der Waals surface area contributed by atoms with Crippen molar-refractivity contribution in [3.05, 3.63) is 90.1 Å². The normalized spacial score (nSPS) is 12.4. The molecule has 0 saturated carbocycles. The van der Waals surface area contributed by atoms with Crippen LogP contribution in [0.1, 0.15) is 29.8 Å². The van der Waals surface area contributed by atoms with Crippen LogP contribution < -0.4 is 20.5 Å². The fourth-order valence-electron chi connectivity index (χ4n) is 3.96. The highest BCUT2D eigenvalue weighted by Crippen LogP contribution is 2.26. The molecule has 1 aromatic heterocycles. The molecule has 0 radical (unpaired) electrons. The van der Waals surface area contributed by atoms with Gasteiger partial charge in [0.1, 0.15) is 30.0 Å². The Kier molecular flexibility index (Phi) is 7.39. The molecule has 0 aliphatic carbocycles. The van der Waals surface area contributed by atoms with E-state index in [1.807, 2.05) is 54.7 Å². The van der Waals surface area contributed by atoms with Crippen LogP contribution in [0.2, 0.25) is 0 Å². The van der Waals surface area contributed by atoms with Gasteiger partial charge in [-0.15, -0.1) is 0 Å². The Morgan fingerprint density at radius 2 is 1.77 bits per heavy atom. The van der Waals surface area contributed by atoms with Gasteiger partial charge in [0.15, 0.2) is 0 Å². The standard InChI is InChI=1S/C28H31N3O4/c1-28(2,31-17-20(32)18-34-25-9-5-7-24-22(25)14-15-30-24)16-19-10-12-21(13-11-19)35-26-8-4-3-6-23(26)27(29)33/h3-15,20,30-32H,16-18H2,1-2H3,(H2,29,33). The number of aliphatic hydroxyl groups is 1. The van der Waals surface area contributed by atoms with Gasteiger partial charge < -0.3 is 30.6 Å². The van der Waals surface area contributed by atoms with Gasteiger partial charge in [0.2, 0.25) is 0 Å². The van der Waals surface area contributed by atoms with Crippen LogP contribution >= 0.6 is 0 Å². The van der Waals surface area contributed by atoms with Crippen LogP contribution in [-0.4, -0.2) is 40.8 Å². The fourth-order valence-corrected chi connectivity index (χ4v) is 3.96. The number of hydrogen-bond donors (Lipinski definition) is 4. The highest BCUT2D eigenvalue weighted by atomic mass is 16.5. The van der Waals surface area contributed by atoms with Crippen molar-refractivity contribution >= 4 is 16.8 Å². The molecule has 0 saturated heterocycles. The number of fused-ring (bicyclic) bond motifs is 1. The number of nitrogens with two attached hydrogens (primary N) is 1. The number of benzene rings is 3. The molecule has 0 aliphatic rings. The largest absolute Gasteiger partial charge is 0.490 e. The number of primary amides is 1. The number of aromatic amines is 1. The zero-order valence-electron chi connectivity index (χ0n) is 20.0. The van der Waals surface area contributed by atoms with E-state index in [9.17, 15) is 9.90 Å². The number of H-pyrrole nitrogens is 1. The zero-order chi connectivity index (χ0) is 24.8. The van der Waals surface area contributed by atoms with Crippen molar-refractivity contribution in [1.29, 1.82) is 0 Å². The molecule has 3 aromatic carbocycles. The summed E-state index contributed by atoms with van der Waals surface area (Å²) in [5.74, 6) is 1.28. The van der Waals surface area contributed by atoms with E-state index in [1.165, 1.54) is 0 Å². The van der Waals surface area contributed by atoms with E-state index >= 15 is 0 Å². The van der Waals surface area contributed by atoms with E-state index < -0.39 is 12.0 Å². The molecule has 1 atom stereocenters. The number of amides is 1. The number of aliphatic hydroxyl groups excluding tert-OH is 1. The minimum absolute atomic E-state index is 0.201. The Labute approximate surface area is 204 Å². The van der Waals surface area contributed by atoms with Crippen LogP contribution in [0, 0.1) is 0 Å². The van der Waals surface area contributed by atoms with Crippen molar-refractivity contribution < 1.29 is 19.4 Å². The summed E-state index contributed by atoms with van der Waals surface area (Å²) in [6.07, 6.45) is 1.97. The van der Waals surface area contributed by atoms with E-state index in [-0.39, 0.29) is 12.1 Å². The number of β-amino-alcohol motifs (C(OH)–C–C–N with tert-alkyl or cyclic N) is 1. The number of rotatable bonds is 11. The highest BCUT2D eigenvalue weighted by molar-refractivity contribution is 5.95. The van der Waals surface area contributed by atoms with Gasteiger partial charge in [-0.05, 0) is 68.3 Å². The topological polar surface area (TPSA) is 110 Å². The number of carbonyl (C=O) groups is 1. The predicted molar refractivity (Wildman–Crippen MR) is 137 cm³/mol. The van der Waals surface area contributed by atoms with E-state index in [2.05, 4.69) is 24.1 Å². The average molecular weight is 474 g/mol.